The summed E-state index contributed by atoms with van der Waals surface area (Å²) >= 11 is 0. The molecule has 2 heterocycles. The van der Waals surface area contributed by atoms with Crippen LogP contribution in [0.25, 0.3) is 12.2 Å². The Bertz CT molecular complexity index is 860. The monoisotopic (exact) mass is 378 g/mol. The molecular weight excluding hydrogens is 352 g/mol. The van der Waals surface area contributed by atoms with Crippen LogP contribution in [0.2, 0.25) is 0 Å². The summed E-state index contributed by atoms with van der Waals surface area (Å²) in [6, 6.07) is 11.8. The molecule has 0 fully saturated rings. The number of rotatable bonds is 5. The average Bonchev–Trinajstić information content (AvgIpc) is 2.63. The molecule has 0 saturated carbocycles. The molecule has 2 aliphatic heterocycles. The predicted molar refractivity (Wildman–Crippen MR) is 111 cm³/mol. The molecule has 0 N–H and O–H groups in total. The zero-order valence-electron chi connectivity index (χ0n) is 16.8. The highest BCUT2D eigenvalue weighted by atomic mass is 16.5. The third-order valence-corrected chi connectivity index (χ3v) is 4.67. The van der Waals surface area contributed by atoms with Gasteiger partial charge in [0.1, 0.15) is 47.4 Å². The van der Waals surface area contributed by atoms with Crippen molar-refractivity contribution in [2.75, 3.05) is 13.2 Å². The molecule has 0 aliphatic carbocycles. The maximum absolute atomic E-state index is 5.99. The highest BCUT2D eigenvalue weighted by Gasteiger charge is 2.22. The molecule has 4 nitrogen and oxygen atoms in total. The number of hydrogen-bond donors (Lipinski definition) is 0. The fourth-order valence-corrected chi connectivity index (χ4v) is 3.20. The van der Waals surface area contributed by atoms with Gasteiger partial charge in [-0.05, 0) is 64.1 Å². The minimum atomic E-state index is -0.299. The van der Waals surface area contributed by atoms with Gasteiger partial charge in [-0.1, -0.05) is 12.2 Å². The quantitative estimate of drug-likeness (QED) is 0.643. The van der Waals surface area contributed by atoms with E-state index in [1.807, 2.05) is 64.1 Å². The van der Waals surface area contributed by atoms with Crippen molar-refractivity contribution in [2.24, 2.45) is 0 Å². The molecule has 0 amide bonds. The Morgan fingerprint density at radius 2 is 1.11 bits per heavy atom. The van der Waals surface area contributed by atoms with Gasteiger partial charge in [-0.25, -0.2) is 0 Å². The second-order valence-electron chi connectivity index (χ2n) is 8.17. The Balaban J connectivity index is 1.32. The van der Waals surface area contributed by atoms with E-state index in [0.29, 0.717) is 13.2 Å². The number of fused-ring (bicyclic) bond motifs is 2. The summed E-state index contributed by atoms with van der Waals surface area (Å²) in [5, 5.41) is 0. The van der Waals surface area contributed by atoms with Crippen LogP contribution < -0.4 is 18.9 Å². The fraction of sp³-hybridized carbons (Fsp3) is 0.333. The van der Waals surface area contributed by atoms with Crippen LogP contribution in [0.4, 0.5) is 0 Å². The first kappa shape index (κ1) is 18.5. The molecule has 0 aromatic heterocycles. The van der Waals surface area contributed by atoms with E-state index in [4.69, 9.17) is 18.9 Å². The summed E-state index contributed by atoms with van der Waals surface area (Å²) in [5.41, 5.74) is 1.53. The Kier molecular flexibility index (Phi) is 4.58. The molecular formula is C24H26O4. The second-order valence-corrected chi connectivity index (χ2v) is 8.17. The number of ether oxygens (including phenoxy) is 4. The first-order valence-corrected chi connectivity index (χ1v) is 9.60. The third kappa shape index (κ3) is 4.16. The van der Waals surface area contributed by atoms with E-state index in [9.17, 15) is 0 Å². The lowest BCUT2D eigenvalue weighted by atomic mass is 10.0. The first-order chi connectivity index (χ1) is 13.3. The Morgan fingerprint density at radius 3 is 1.54 bits per heavy atom. The molecule has 0 bridgehead atoms. The highest BCUT2D eigenvalue weighted by Crippen LogP contribution is 2.35. The average molecular weight is 378 g/mol. The van der Waals surface area contributed by atoms with Crippen molar-refractivity contribution in [3.8, 4) is 23.0 Å². The molecule has 28 heavy (non-hydrogen) atoms. The van der Waals surface area contributed by atoms with Crippen LogP contribution in [0.1, 0.15) is 38.8 Å². The van der Waals surface area contributed by atoms with Crippen LogP contribution in [-0.2, 0) is 0 Å². The molecule has 0 radical (unpaired) electrons. The van der Waals surface area contributed by atoms with Crippen molar-refractivity contribution >= 4 is 12.2 Å². The molecule has 0 spiro atoms. The maximum Gasteiger partial charge on any atom is 0.131 e. The van der Waals surface area contributed by atoms with Gasteiger partial charge >= 0.3 is 0 Å². The van der Waals surface area contributed by atoms with Gasteiger partial charge in [0.15, 0.2) is 0 Å². The molecule has 4 heteroatoms. The molecule has 0 unspecified atom stereocenters. The predicted octanol–water partition coefficient (Wildman–Crippen LogP) is 5.51. The van der Waals surface area contributed by atoms with Crippen LogP contribution in [0.15, 0.2) is 48.6 Å². The van der Waals surface area contributed by atoms with E-state index in [0.717, 1.165) is 34.1 Å². The third-order valence-electron chi connectivity index (χ3n) is 4.67. The topological polar surface area (TPSA) is 36.9 Å². The smallest absolute Gasteiger partial charge is 0.131 e. The summed E-state index contributed by atoms with van der Waals surface area (Å²) in [5.74, 6) is 3.23. The van der Waals surface area contributed by atoms with E-state index >= 15 is 0 Å². The highest BCUT2D eigenvalue weighted by molar-refractivity contribution is 5.63. The van der Waals surface area contributed by atoms with Gasteiger partial charge in [-0.3, -0.25) is 0 Å². The van der Waals surface area contributed by atoms with Crippen LogP contribution in [-0.4, -0.2) is 24.4 Å². The number of benzene rings is 2. The zero-order valence-corrected chi connectivity index (χ0v) is 16.8. The van der Waals surface area contributed by atoms with Crippen molar-refractivity contribution in [3.63, 3.8) is 0 Å². The van der Waals surface area contributed by atoms with Crippen molar-refractivity contribution in [2.45, 2.75) is 38.9 Å². The Morgan fingerprint density at radius 1 is 0.679 bits per heavy atom. The van der Waals surface area contributed by atoms with E-state index in [1.165, 1.54) is 0 Å². The summed E-state index contributed by atoms with van der Waals surface area (Å²) in [6.45, 7) is 9.03. The van der Waals surface area contributed by atoms with Gasteiger partial charge in [-0.15, -0.1) is 0 Å². The largest absolute Gasteiger partial charge is 0.490 e. The molecule has 2 aromatic rings. The van der Waals surface area contributed by atoms with Crippen molar-refractivity contribution in [3.05, 3.63) is 59.7 Å². The van der Waals surface area contributed by atoms with E-state index in [-0.39, 0.29) is 11.2 Å². The van der Waals surface area contributed by atoms with E-state index in [1.54, 1.807) is 0 Å². The zero-order chi connectivity index (χ0) is 19.8. The minimum Gasteiger partial charge on any atom is -0.490 e. The lowest BCUT2D eigenvalue weighted by Gasteiger charge is -2.28. The van der Waals surface area contributed by atoms with E-state index < -0.39 is 0 Å². The lowest BCUT2D eigenvalue weighted by Crippen LogP contribution is -2.27. The van der Waals surface area contributed by atoms with Crippen molar-refractivity contribution < 1.29 is 18.9 Å². The molecule has 0 saturated heterocycles. The van der Waals surface area contributed by atoms with Gasteiger partial charge in [0.2, 0.25) is 0 Å². The van der Waals surface area contributed by atoms with Crippen LogP contribution in [0.5, 0.6) is 23.0 Å². The Hall–Kier alpha value is -2.88. The van der Waals surface area contributed by atoms with Gasteiger partial charge in [0, 0.05) is 23.3 Å². The van der Waals surface area contributed by atoms with Crippen molar-refractivity contribution in [1.82, 2.24) is 0 Å². The Labute approximate surface area is 166 Å². The van der Waals surface area contributed by atoms with E-state index in [2.05, 4.69) is 24.3 Å². The second kappa shape index (κ2) is 6.93. The van der Waals surface area contributed by atoms with Crippen molar-refractivity contribution in [1.29, 1.82) is 0 Å². The first-order valence-electron chi connectivity index (χ1n) is 9.60. The SMILES string of the molecule is CC1(C)C=Cc2ccc(OCCOc3ccc4c(c3)OC(C)(C)C=C4)cc2O1. The summed E-state index contributed by atoms with van der Waals surface area (Å²) < 4.78 is 23.6. The summed E-state index contributed by atoms with van der Waals surface area (Å²) in [6.07, 6.45) is 8.28. The van der Waals surface area contributed by atoms with Gasteiger partial charge < -0.3 is 18.9 Å². The van der Waals surface area contributed by atoms with Gasteiger partial charge in [0.05, 0.1) is 0 Å². The van der Waals surface area contributed by atoms with Crippen LogP contribution >= 0.6 is 0 Å². The molecule has 2 aliphatic rings. The van der Waals surface area contributed by atoms with Crippen LogP contribution in [0.3, 0.4) is 0 Å². The molecule has 0 atom stereocenters. The molecule has 2 aromatic carbocycles. The fourth-order valence-electron chi connectivity index (χ4n) is 3.20. The summed E-state index contributed by atoms with van der Waals surface area (Å²) in [4.78, 5) is 0. The maximum atomic E-state index is 5.99. The van der Waals surface area contributed by atoms with Gasteiger partial charge in [-0.2, -0.15) is 0 Å². The minimum absolute atomic E-state index is 0.299. The lowest BCUT2D eigenvalue weighted by molar-refractivity contribution is 0.156. The molecule has 4 rings (SSSR count). The number of hydrogen-bond acceptors (Lipinski definition) is 4. The normalized spacial score (nSPS) is 17.7. The summed E-state index contributed by atoms with van der Waals surface area (Å²) in [7, 11) is 0. The van der Waals surface area contributed by atoms with Crippen LogP contribution in [0, 0.1) is 0 Å². The standard InChI is InChI=1S/C24H26O4/c1-23(2)11-9-17-5-7-19(15-21(17)27-23)25-13-14-26-20-8-6-18-10-12-24(3,4)28-22(18)16-20/h5-12,15-16H,13-14H2,1-4H3. The van der Waals surface area contributed by atoms with Gasteiger partial charge in [0.25, 0.3) is 0 Å². The molecule has 146 valence electrons.